The van der Waals surface area contributed by atoms with Crippen molar-refractivity contribution in [1.82, 2.24) is 10.2 Å². The Morgan fingerprint density at radius 3 is 2.56 bits per heavy atom. The van der Waals surface area contributed by atoms with E-state index in [0.29, 0.717) is 5.54 Å². The lowest BCUT2D eigenvalue weighted by Gasteiger charge is -2.39. The van der Waals surface area contributed by atoms with Crippen molar-refractivity contribution in [2.45, 2.75) is 77.3 Å². The van der Waals surface area contributed by atoms with Gasteiger partial charge in [-0.05, 0) is 65.0 Å². The Balaban J connectivity index is 1.84. The predicted molar refractivity (Wildman–Crippen MR) is 78.9 cm³/mol. The van der Waals surface area contributed by atoms with Crippen LogP contribution in [-0.2, 0) is 0 Å². The predicted octanol–water partition coefficient (Wildman–Crippen LogP) is 3.42. The van der Waals surface area contributed by atoms with Crippen molar-refractivity contribution in [2.24, 2.45) is 5.92 Å². The molecule has 2 heteroatoms. The molecule has 1 saturated heterocycles. The topological polar surface area (TPSA) is 15.3 Å². The van der Waals surface area contributed by atoms with Gasteiger partial charge in [0.25, 0.3) is 0 Å². The van der Waals surface area contributed by atoms with Crippen LogP contribution >= 0.6 is 0 Å². The minimum absolute atomic E-state index is 0.302. The molecule has 0 radical (unpaired) electrons. The molecule has 1 aliphatic carbocycles. The van der Waals surface area contributed by atoms with E-state index in [2.05, 4.69) is 31.0 Å². The highest BCUT2D eigenvalue weighted by atomic mass is 15.2. The van der Waals surface area contributed by atoms with Gasteiger partial charge in [-0.25, -0.2) is 0 Å². The highest BCUT2D eigenvalue weighted by Crippen LogP contribution is 2.31. The maximum atomic E-state index is 3.68. The second-order valence-corrected chi connectivity index (χ2v) is 7.10. The Morgan fingerprint density at radius 1 is 1.17 bits per heavy atom. The largest absolute Gasteiger partial charge is 0.310 e. The summed E-state index contributed by atoms with van der Waals surface area (Å²) in [4.78, 5) is 2.78. The Kier molecular flexibility index (Phi) is 5.08. The summed E-state index contributed by atoms with van der Waals surface area (Å²) >= 11 is 0. The second-order valence-electron chi connectivity index (χ2n) is 7.10. The lowest BCUT2D eigenvalue weighted by atomic mass is 9.82. The third-order valence-corrected chi connectivity index (χ3v) is 4.85. The third kappa shape index (κ3) is 3.96. The summed E-state index contributed by atoms with van der Waals surface area (Å²) < 4.78 is 0. The van der Waals surface area contributed by atoms with Gasteiger partial charge in [-0.15, -0.1) is 0 Å². The number of nitrogens with zero attached hydrogens (tertiary/aromatic N) is 1. The second kappa shape index (κ2) is 6.38. The van der Waals surface area contributed by atoms with Crippen LogP contribution in [0.1, 0.15) is 65.7 Å². The summed E-state index contributed by atoms with van der Waals surface area (Å²) in [6.07, 6.45) is 9.99. The lowest BCUT2D eigenvalue weighted by molar-refractivity contribution is 0.118. The molecule has 1 heterocycles. The summed E-state index contributed by atoms with van der Waals surface area (Å²) in [6, 6.07) is 0.872. The molecular weight excluding hydrogens is 220 g/mol. The zero-order valence-electron chi connectivity index (χ0n) is 12.7. The molecule has 2 aliphatic rings. The summed E-state index contributed by atoms with van der Waals surface area (Å²) in [6.45, 7) is 10.8. The smallest absolute Gasteiger partial charge is 0.0252 e. The Bertz CT molecular complexity index is 241. The van der Waals surface area contributed by atoms with E-state index in [1.807, 2.05) is 0 Å². The molecule has 2 fully saturated rings. The van der Waals surface area contributed by atoms with E-state index in [9.17, 15) is 0 Å². The molecule has 1 saturated carbocycles. The highest BCUT2D eigenvalue weighted by Gasteiger charge is 2.30. The SMILES string of the molecule is CCCC1CCC(N2CCCNC(C)(C)C2)CC1. The number of hydrogen-bond donors (Lipinski definition) is 1. The van der Waals surface area contributed by atoms with Crippen molar-refractivity contribution in [3.05, 3.63) is 0 Å². The van der Waals surface area contributed by atoms with Crippen LogP contribution < -0.4 is 5.32 Å². The van der Waals surface area contributed by atoms with Crippen molar-refractivity contribution < 1.29 is 0 Å². The van der Waals surface area contributed by atoms with Crippen LogP contribution in [-0.4, -0.2) is 36.1 Å². The normalized spacial score (nSPS) is 34.2. The molecule has 0 spiro atoms. The van der Waals surface area contributed by atoms with E-state index >= 15 is 0 Å². The zero-order chi connectivity index (χ0) is 13.0. The zero-order valence-corrected chi connectivity index (χ0v) is 12.7. The molecule has 0 aromatic carbocycles. The Hall–Kier alpha value is -0.0800. The number of rotatable bonds is 3. The third-order valence-electron chi connectivity index (χ3n) is 4.85. The minimum atomic E-state index is 0.302. The summed E-state index contributed by atoms with van der Waals surface area (Å²) in [5, 5.41) is 3.68. The average Bonchev–Trinajstić information content (AvgIpc) is 2.52. The van der Waals surface area contributed by atoms with Gasteiger partial charge in [0.05, 0.1) is 0 Å². The maximum absolute atomic E-state index is 3.68. The quantitative estimate of drug-likeness (QED) is 0.828. The molecule has 2 nitrogen and oxygen atoms in total. The van der Waals surface area contributed by atoms with E-state index in [0.717, 1.165) is 12.0 Å². The Labute approximate surface area is 114 Å². The molecular formula is C16H32N2. The van der Waals surface area contributed by atoms with Crippen molar-refractivity contribution in [3.63, 3.8) is 0 Å². The molecule has 0 atom stereocenters. The van der Waals surface area contributed by atoms with Gasteiger partial charge in [-0.2, -0.15) is 0 Å². The van der Waals surface area contributed by atoms with E-state index in [1.54, 1.807) is 0 Å². The van der Waals surface area contributed by atoms with E-state index in [4.69, 9.17) is 0 Å². The molecule has 106 valence electrons. The minimum Gasteiger partial charge on any atom is -0.310 e. The molecule has 2 rings (SSSR count). The fraction of sp³-hybridized carbons (Fsp3) is 1.00. The van der Waals surface area contributed by atoms with Crippen LogP contribution in [0.3, 0.4) is 0 Å². The fourth-order valence-electron chi connectivity index (χ4n) is 3.87. The van der Waals surface area contributed by atoms with Crippen LogP contribution in [0.2, 0.25) is 0 Å². The standard InChI is InChI=1S/C16H32N2/c1-4-6-14-7-9-15(10-8-14)18-12-5-11-17-16(2,3)13-18/h14-15,17H,4-13H2,1-3H3. The molecule has 0 unspecified atom stereocenters. The first kappa shape index (κ1) is 14.3. The van der Waals surface area contributed by atoms with E-state index in [1.165, 1.54) is 64.6 Å². The maximum Gasteiger partial charge on any atom is 0.0252 e. The van der Waals surface area contributed by atoms with Crippen LogP contribution in [0.25, 0.3) is 0 Å². The van der Waals surface area contributed by atoms with Crippen LogP contribution in [0.4, 0.5) is 0 Å². The molecule has 0 aromatic rings. The number of nitrogens with one attached hydrogen (secondary N) is 1. The molecule has 1 N–H and O–H groups in total. The van der Waals surface area contributed by atoms with Crippen LogP contribution in [0.5, 0.6) is 0 Å². The fourth-order valence-corrected chi connectivity index (χ4v) is 3.87. The van der Waals surface area contributed by atoms with Gasteiger partial charge < -0.3 is 5.32 Å². The van der Waals surface area contributed by atoms with Crippen LogP contribution in [0.15, 0.2) is 0 Å². The summed E-state index contributed by atoms with van der Waals surface area (Å²) in [7, 11) is 0. The molecule has 18 heavy (non-hydrogen) atoms. The first-order chi connectivity index (χ1) is 8.61. The Morgan fingerprint density at radius 2 is 1.89 bits per heavy atom. The van der Waals surface area contributed by atoms with Gasteiger partial charge in [0, 0.05) is 18.1 Å². The van der Waals surface area contributed by atoms with Crippen LogP contribution in [0, 0.1) is 5.92 Å². The van der Waals surface area contributed by atoms with Gasteiger partial charge in [0.15, 0.2) is 0 Å². The first-order valence-electron chi connectivity index (χ1n) is 8.10. The van der Waals surface area contributed by atoms with Crippen molar-refractivity contribution in [1.29, 1.82) is 0 Å². The van der Waals surface area contributed by atoms with E-state index in [-0.39, 0.29) is 0 Å². The highest BCUT2D eigenvalue weighted by molar-refractivity contribution is 4.89. The van der Waals surface area contributed by atoms with Crippen molar-refractivity contribution in [3.8, 4) is 0 Å². The van der Waals surface area contributed by atoms with Gasteiger partial charge in [-0.1, -0.05) is 19.8 Å². The van der Waals surface area contributed by atoms with E-state index < -0.39 is 0 Å². The lowest BCUT2D eigenvalue weighted by Crippen LogP contribution is -2.49. The summed E-state index contributed by atoms with van der Waals surface area (Å²) in [5.74, 6) is 1.03. The molecule has 0 bridgehead atoms. The number of hydrogen-bond acceptors (Lipinski definition) is 2. The van der Waals surface area contributed by atoms with Gasteiger partial charge in [0.2, 0.25) is 0 Å². The van der Waals surface area contributed by atoms with Crippen molar-refractivity contribution in [2.75, 3.05) is 19.6 Å². The molecule has 0 amide bonds. The van der Waals surface area contributed by atoms with Gasteiger partial charge >= 0.3 is 0 Å². The summed E-state index contributed by atoms with van der Waals surface area (Å²) in [5.41, 5.74) is 0.302. The first-order valence-corrected chi connectivity index (χ1v) is 8.10. The molecule has 1 aliphatic heterocycles. The van der Waals surface area contributed by atoms with Gasteiger partial charge in [-0.3, -0.25) is 4.90 Å². The average molecular weight is 252 g/mol. The monoisotopic (exact) mass is 252 g/mol. The van der Waals surface area contributed by atoms with Crippen molar-refractivity contribution >= 4 is 0 Å². The van der Waals surface area contributed by atoms with Gasteiger partial charge in [0.1, 0.15) is 0 Å². The molecule has 0 aromatic heterocycles.